The number of thiazole rings is 1. The third-order valence-corrected chi connectivity index (χ3v) is 5.69. The molecule has 0 amide bonds. The maximum Gasteiger partial charge on any atom is 0.309 e. The van der Waals surface area contributed by atoms with Crippen molar-refractivity contribution in [2.75, 3.05) is 0 Å². The monoisotopic (exact) mass is 349 g/mol. The summed E-state index contributed by atoms with van der Waals surface area (Å²) >= 11 is 2.89. The Kier molecular flexibility index (Phi) is 4.03. The first-order valence-electron chi connectivity index (χ1n) is 6.99. The first-order valence-corrected chi connectivity index (χ1v) is 8.68. The van der Waals surface area contributed by atoms with Crippen molar-refractivity contribution >= 4 is 38.9 Å². The highest BCUT2D eigenvalue weighted by molar-refractivity contribution is 7.18. The lowest BCUT2D eigenvalue weighted by atomic mass is 10.2. The van der Waals surface area contributed by atoms with Gasteiger partial charge in [0.25, 0.3) is 5.56 Å². The quantitative estimate of drug-likeness (QED) is 0.782. The normalized spacial score (nSPS) is 11.3. The fourth-order valence-corrected chi connectivity index (χ4v) is 4.26. The van der Waals surface area contributed by atoms with Gasteiger partial charge in [0.2, 0.25) is 0 Å². The Morgan fingerprint density at radius 1 is 1.30 bits per heavy atom. The highest BCUT2D eigenvalue weighted by atomic mass is 32.1. The Hall–Kier alpha value is -2.06. The van der Waals surface area contributed by atoms with Crippen LogP contribution in [0.25, 0.3) is 10.2 Å². The number of aryl methyl sites for hydroxylation is 3. The van der Waals surface area contributed by atoms with Crippen molar-refractivity contribution in [1.82, 2.24) is 14.5 Å². The molecule has 0 aliphatic carbocycles. The van der Waals surface area contributed by atoms with Crippen LogP contribution in [0.2, 0.25) is 0 Å². The summed E-state index contributed by atoms with van der Waals surface area (Å²) < 4.78 is 1.60. The molecule has 1 N–H and O–H groups in total. The fraction of sp³-hybridized carbons (Fsp3) is 0.333. The molecule has 0 bridgehead atoms. The summed E-state index contributed by atoms with van der Waals surface area (Å²) in [4.78, 5) is 34.2. The van der Waals surface area contributed by atoms with Gasteiger partial charge in [-0.05, 0) is 26.3 Å². The van der Waals surface area contributed by atoms with Gasteiger partial charge in [-0.2, -0.15) is 0 Å². The van der Waals surface area contributed by atoms with Gasteiger partial charge in [-0.15, -0.1) is 22.7 Å². The van der Waals surface area contributed by atoms with Gasteiger partial charge >= 0.3 is 5.97 Å². The van der Waals surface area contributed by atoms with Gasteiger partial charge in [0.15, 0.2) is 0 Å². The molecule has 0 radical (unpaired) electrons. The zero-order chi connectivity index (χ0) is 16.7. The highest BCUT2D eigenvalue weighted by Gasteiger charge is 2.16. The molecule has 120 valence electrons. The number of nitrogens with zero attached hydrogens (tertiary/aromatic N) is 3. The van der Waals surface area contributed by atoms with E-state index in [1.165, 1.54) is 22.7 Å². The second-order valence-electron chi connectivity index (χ2n) is 5.32. The summed E-state index contributed by atoms with van der Waals surface area (Å²) in [6, 6.07) is 0. The van der Waals surface area contributed by atoms with E-state index in [0.29, 0.717) is 28.5 Å². The molecule has 8 heteroatoms. The number of carboxylic acids is 1. The molecular formula is C15H15N3O3S2. The third-order valence-electron chi connectivity index (χ3n) is 3.70. The van der Waals surface area contributed by atoms with Crippen molar-refractivity contribution in [3.63, 3.8) is 0 Å². The lowest BCUT2D eigenvalue weighted by molar-refractivity contribution is -0.136. The van der Waals surface area contributed by atoms with E-state index in [1.807, 2.05) is 13.8 Å². The molecule has 6 nitrogen and oxygen atoms in total. The van der Waals surface area contributed by atoms with Crippen molar-refractivity contribution in [3.05, 3.63) is 42.7 Å². The number of hydrogen-bond donors (Lipinski definition) is 1. The first-order chi connectivity index (χ1) is 10.9. The van der Waals surface area contributed by atoms with Crippen LogP contribution in [0.1, 0.15) is 27.0 Å². The smallest absolute Gasteiger partial charge is 0.309 e. The van der Waals surface area contributed by atoms with Crippen LogP contribution in [0.5, 0.6) is 0 Å². The van der Waals surface area contributed by atoms with E-state index in [4.69, 9.17) is 5.11 Å². The average molecular weight is 349 g/mol. The van der Waals surface area contributed by atoms with Crippen molar-refractivity contribution in [3.8, 4) is 0 Å². The SMILES string of the molecule is Cc1sc2nc(C)n(Cc3nc(CC(=O)O)cs3)c(=O)c2c1C. The minimum Gasteiger partial charge on any atom is -0.481 e. The van der Waals surface area contributed by atoms with E-state index >= 15 is 0 Å². The maximum atomic E-state index is 12.8. The van der Waals surface area contributed by atoms with E-state index in [2.05, 4.69) is 9.97 Å². The van der Waals surface area contributed by atoms with Crippen molar-refractivity contribution in [1.29, 1.82) is 0 Å². The van der Waals surface area contributed by atoms with Gasteiger partial charge < -0.3 is 5.11 Å². The standard InChI is InChI=1S/C15H15N3O3S2/c1-7-8(2)23-14-13(7)15(21)18(9(3)16-14)5-11-17-10(6-22-11)4-12(19)20/h6H,4-5H2,1-3H3,(H,19,20). The topological polar surface area (TPSA) is 85.1 Å². The highest BCUT2D eigenvalue weighted by Crippen LogP contribution is 2.26. The van der Waals surface area contributed by atoms with E-state index in [0.717, 1.165) is 15.3 Å². The number of aromatic nitrogens is 3. The van der Waals surface area contributed by atoms with Gasteiger partial charge in [0.05, 0.1) is 24.0 Å². The number of hydrogen-bond acceptors (Lipinski definition) is 6. The van der Waals surface area contributed by atoms with Crippen molar-refractivity contribution < 1.29 is 9.90 Å². The second-order valence-corrected chi connectivity index (χ2v) is 7.46. The van der Waals surface area contributed by atoms with Crippen molar-refractivity contribution in [2.45, 2.75) is 33.7 Å². The Labute approximate surface area is 140 Å². The summed E-state index contributed by atoms with van der Waals surface area (Å²) in [6.07, 6.45) is -0.107. The Morgan fingerprint density at radius 2 is 2.04 bits per heavy atom. The van der Waals surface area contributed by atoms with Crippen LogP contribution in [0.15, 0.2) is 10.2 Å². The summed E-state index contributed by atoms with van der Waals surface area (Å²) in [6.45, 7) is 6.04. The zero-order valence-corrected chi connectivity index (χ0v) is 14.5. The lowest BCUT2D eigenvalue weighted by Crippen LogP contribution is -2.24. The molecule has 0 aromatic carbocycles. The van der Waals surface area contributed by atoms with Crippen molar-refractivity contribution in [2.24, 2.45) is 0 Å². The molecular weight excluding hydrogens is 334 g/mol. The summed E-state index contributed by atoms with van der Waals surface area (Å²) in [5.74, 6) is -0.276. The molecule has 23 heavy (non-hydrogen) atoms. The lowest BCUT2D eigenvalue weighted by Gasteiger charge is -2.07. The second kappa shape index (κ2) is 5.86. The molecule has 0 aliphatic heterocycles. The van der Waals surface area contributed by atoms with Gasteiger partial charge in [-0.1, -0.05) is 0 Å². The first kappa shape index (κ1) is 15.8. The van der Waals surface area contributed by atoms with Crippen LogP contribution >= 0.6 is 22.7 Å². The molecule has 0 saturated carbocycles. The number of carbonyl (C=O) groups is 1. The molecule has 0 saturated heterocycles. The molecule has 0 unspecified atom stereocenters. The Morgan fingerprint density at radius 3 is 2.74 bits per heavy atom. The molecule has 3 aromatic rings. The van der Waals surface area contributed by atoms with E-state index < -0.39 is 5.97 Å². The van der Waals surface area contributed by atoms with E-state index in [-0.39, 0.29) is 12.0 Å². The fourth-order valence-electron chi connectivity index (χ4n) is 2.41. The number of aliphatic carboxylic acids is 1. The van der Waals surface area contributed by atoms with Crippen LogP contribution in [-0.2, 0) is 17.8 Å². The molecule has 0 spiro atoms. The largest absolute Gasteiger partial charge is 0.481 e. The molecule has 3 heterocycles. The summed E-state index contributed by atoms with van der Waals surface area (Å²) in [5.41, 5.74) is 1.42. The number of carboxylic acid groups (broad SMARTS) is 1. The minimum absolute atomic E-state index is 0.0654. The summed E-state index contributed by atoms with van der Waals surface area (Å²) in [7, 11) is 0. The van der Waals surface area contributed by atoms with E-state index in [9.17, 15) is 9.59 Å². The third kappa shape index (κ3) is 2.91. The average Bonchev–Trinajstić information content (AvgIpc) is 3.00. The predicted molar refractivity (Wildman–Crippen MR) is 90.6 cm³/mol. The van der Waals surface area contributed by atoms with Crippen LogP contribution in [-0.4, -0.2) is 25.6 Å². The zero-order valence-electron chi connectivity index (χ0n) is 12.9. The van der Waals surface area contributed by atoms with Crippen LogP contribution < -0.4 is 5.56 Å². The van der Waals surface area contributed by atoms with E-state index in [1.54, 1.807) is 16.9 Å². The van der Waals surface area contributed by atoms with Crippen LogP contribution in [0.4, 0.5) is 0 Å². The minimum atomic E-state index is -0.914. The molecule has 3 rings (SSSR count). The van der Waals surface area contributed by atoms with Gasteiger partial charge in [0.1, 0.15) is 15.7 Å². The molecule has 0 aliphatic rings. The summed E-state index contributed by atoms with van der Waals surface area (Å²) in [5, 5.41) is 11.9. The molecule has 0 atom stereocenters. The van der Waals surface area contributed by atoms with Gasteiger partial charge in [-0.3, -0.25) is 14.2 Å². The predicted octanol–water partition coefficient (Wildman–Crippen LogP) is 2.52. The Balaban J connectivity index is 2.03. The van der Waals surface area contributed by atoms with Crippen LogP contribution in [0.3, 0.4) is 0 Å². The number of thiophene rings is 1. The Bertz CT molecular complexity index is 968. The molecule has 3 aromatic heterocycles. The van der Waals surface area contributed by atoms with Gasteiger partial charge in [-0.25, -0.2) is 9.97 Å². The number of rotatable bonds is 4. The molecule has 0 fully saturated rings. The maximum absolute atomic E-state index is 12.8. The van der Waals surface area contributed by atoms with Crippen LogP contribution in [0, 0.1) is 20.8 Å². The van der Waals surface area contributed by atoms with Gasteiger partial charge in [0, 0.05) is 10.3 Å². The number of fused-ring (bicyclic) bond motifs is 1.